The Balaban J connectivity index is 1.18. The Hall–Kier alpha value is -5.73. The summed E-state index contributed by atoms with van der Waals surface area (Å²) < 4.78 is 1.76. The number of fused-ring (bicyclic) bond motifs is 1. The molecule has 3 aromatic carbocycles. The van der Waals surface area contributed by atoms with E-state index in [1.54, 1.807) is 30.0 Å². The smallest absolute Gasteiger partial charge is 0.319 e. The van der Waals surface area contributed by atoms with Crippen molar-refractivity contribution in [3.8, 4) is 5.75 Å². The number of anilines is 3. The number of phenolic OH excluding ortho intramolecular Hbond substituents is 1. The highest BCUT2D eigenvalue weighted by atomic mass is 16.3. The molecular formula is C38H43N9O5. The van der Waals surface area contributed by atoms with Gasteiger partial charge in [-0.15, -0.1) is 0 Å². The van der Waals surface area contributed by atoms with Crippen molar-refractivity contribution in [1.82, 2.24) is 30.2 Å². The van der Waals surface area contributed by atoms with Gasteiger partial charge in [0.2, 0.25) is 11.9 Å². The van der Waals surface area contributed by atoms with Crippen molar-refractivity contribution in [2.75, 3.05) is 35.2 Å². The van der Waals surface area contributed by atoms with Crippen LogP contribution in [-0.4, -0.2) is 90.7 Å². The van der Waals surface area contributed by atoms with Crippen LogP contribution in [0, 0.1) is 0 Å². The molecule has 5 aromatic rings. The topological polar surface area (TPSA) is 190 Å². The number of aliphatic hydroxyl groups is 2. The first-order valence-corrected chi connectivity index (χ1v) is 17.6. The van der Waals surface area contributed by atoms with Crippen LogP contribution in [0.3, 0.4) is 0 Å². The minimum Gasteiger partial charge on any atom is -0.508 e. The average molecular weight is 706 g/mol. The summed E-state index contributed by atoms with van der Waals surface area (Å²) in [7, 11) is 0. The third-order valence-corrected chi connectivity index (χ3v) is 9.90. The van der Waals surface area contributed by atoms with Gasteiger partial charge in [0.25, 0.3) is 0 Å². The zero-order valence-electron chi connectivity index (χ0n) is 28.8. The Bertz CT molecular complexity index is 1950. The summed E-state index contributed by atoms with van der Waals surface area (Å²) in [6, 6.07) is 25.0. The van der Waals surface area contributed by atoms with Gasteiger partial charge >= 0.3 is 6.03 Å². The number of nitrogens with one attached hydrogen (secondary N) is 4. The van der Waals surface area contributed by atoms with Crippen molar-refractivity contribution in [2.45, 2.75) is 62.4 Å². The maximum atomic E-state index is 12.8. The number of aromatic hydroxyl groups is 1. The molecule has 52 heavy (non-hydrogen) atoms. The van der Waals surface area contributed by atoms with Gasteiger partial charge in [0.1, 0.15) is 18.0 Å². The molecule has 5 atom stereocenters. The van der Waals surface area contributed by atoms with Crippen LogP contribution in [0.5, 0.6) is 5.75 Å². The highest BCUT2D eigenvalue weighted by Gasteiger charge is 2.44. The molecule has 2 aromatic heterocycles. The number of aliphatic hydroxyl groups excluding tert-OH is 2. The number of carbonyl (C=O) groups is 2. The SMILES string of the molecule is CCC(=O)N[C@H]1C[C@@H](n2cnc3c(NCC(c4ccccc4)c4ccccc4)nc(N4CC[C@@H](NC(=O)Nc5ccc(O)cc5)C4)nc32)[C@H](O)[C@@H]1O. The molecule has 14 nitrogen and oxygen atoms in total. The van der Waals surface area contributed by atoms with E-state index in [-0.39, 0.29) is 42.5 Å². The summed E-state index contributed by atoms with van der Waals surface area (Å²) in [6.07, 6.45) is 0.489. The lowest BCUT2D eigenvalue weighted by Crippen LogP contribution is -2.42. The van der Waals surface area contributed by atoms with Gasteiger partial charge in [0.05, 0.1) is 18.4 Å². The van der Waals surface area contributed by atoms with Crippen LogP contribution >= 0.6 is 0 Å². The van der Waals surface area contributed by atoms with Gasteiger partial charge in [-0.05, 0) is 48.2 Å². The fraction of sp³-hybridized carbons (Fsp3) is 0.342. The number of amides is 3. The van der Waals surface area contributed by atoms with Gasteiger partial charge < -0.3 is 46.1 Å². The summed E-state index contributed by atoms with van der Waals surface area (Å²) in [5, 5.41) is 43.8. The molecule has 7 rings (SSSR count). The van der Waals surface area contributed by atoms with Crippen molar-refractivity contribution in [2.24, 2.45) is 0 Å². The first kappa shape index (κ1) is 34.7. The molecule has 1 aliphatic carbocycles. The predicted molar refractivity (Wildman–Crippen MR) is 197 cm³/mol. The summed E-state index contributed by atoms with van der Waals surface area (Å²) in [6.45, 7) is 3.27. The Morgan fingerprint density at radius 3 is 2.27 bits per heavy atom. The molecule has 7 N–H and O–H groups in total. The number of hydrogen-bond acceptors (Lipinski definition) is 10. The molecule has 14 heteroatoms. The quantitative estimate of drug-likeness (QED) is 0.0998. The summed E-state index contributed by atoms with van der Waals surface area (Å²) in [5.74, 6) is 0.853. The van der Waals surface area contributed by atoms with Crippen LogP contribution in [0.4, 0.5) is 22.2 Å². The van der Waals surface area contributed by atoms with E-state index in [1.165, 1.54) is 12.1 Å². The van der Waals surface area contributed by atoms with Gasteiger partial charge in [-0.1, -0.05) is 67.6 Å². The van der Waals surface area contributed by atoms with E-state index in [2.05, 4.69) is 45.5 Å². The third-order valence-electron chi connectivity index (χ3n) is 9.90. The molecule has 3 heterocycles. The molecule has 0 unspecified atom stereocenters. The zero-order valence-corrected chi connectivity index (χ0v) is 28.8. The van der Waals surface area contributed by atoms with E-state index in [1.807, 2.05) is 41.3 Å². The largest absolute Gasteiger partial charge is 0.508 e. The summed E-state index contributed by atoms with van der Waals surface area (Å²) in [4.78, 5) is 41.7. The van der Waals surface area contributed by atoms with Crippen molar-refractivity contribution in [3.63, 3.8) is 0 Å². The molecule has 1 aliphatic heterocycles. The molecule has 0 radical (unpaired) electrons. The van der Waals surface area contributed by atoms with Crippen molar-refractivity contribution in [1.29, 1.82) is 0 Å². The standard InChI is InChI=1S/C38H43N9O5/c1-2-31(49)43-29-19-30(34(51)33(29)50)47-22-40-32-35(39-20-28(23-9-5-3-6-10-23)24-11-7-4-8-12-24)44-37(45-36(32)47)46-18-17-26(21-46)42-38(52)41-25-13-15-27(48)16-14-25/h3-16,22,26,28-30,33-34,48,50-51H,2,17-21H2,1H3,(H,43,49)(H,39,44,45)(H2,41,42,52)/t26-,29+,30-,33-,34+/m1/s1. The number of imidazole rings is 1. The monoisotopic (exact) mass is 705 g/mol. The molecule has 1 saturated carbocycles. The fourth-order valence-corrected chi connectivity index (χ4v) is 7.10. The van der Waals surface area contributed by atoms with E-state index in [9.17, 15) is 24.9 Å². The molecule has 1 saturated heterocycles. The zero-order chi connectivity index (χ0) is 36.2. The Morgan fingerprint density at radius 2 is 1.60 bits per heavy atom. The Kier molecular flexibility index (Phi) is 10.2. The summed E-state index contributed by atoms with van der Waals surface area (Å²) in [5.41, 5.74) is 3.82. The lowest BCUT2D eigenvalue weighted by molar-refractivity contribution is -0.122. The number of rotatable bonds is 11. The number of urea groups is 1. The minimum absolute atomic E-state index is 0.000138. The molecular weight excluding hydrogens is 662 g/mol. The number of phenols is 1. The third kappa shape index (κ3) is 7.48. The lowest BCUT2D eigenvalue weighted by atomic mass is 9.91. The molecule has 270 valence electrons. The number of aromatic nitrogens is 4. The number of carbonyl (C=O) groups excluding carboxylic acids is 2. The minimum atomic E-state index is -1.16. The number of benzene rings is 3. The van der Waals surface area contributed by atoms with E-state index in [0.29, 0.717) is 54.7 Å². The van der Waals surface area contributed by atoms with Gasteiger partial charge in [0.15, 0.2) is 17.0 Å². The normalized spacial score (nSPS) is 21.4. The van der Waals surface area contributed by atoms with E-state index in [0.717, 1.165) is 11.1 Å². The second kappa shape index (κ2) is 15.3. The summed E-state index contributed by atoms with van der Waals surface area (Å²) >= 11 is 0. The maximum Gasteiger partial charge on any atom is 0.319 e. The second-order valence-corrected chi connectivity index (χ2v) is 13.3. The van der Waals surface area contributed by atoms with E-state index >= 15 is 0 Å². The van der Waals surface area contributed by atoms with Gasteiger partial charge in [-0.25, -0.2) is 9.78 Å². The van der Waals surface area contributed by atoms with Crippen LogP contribution in [0.2, 0.25) is 0 Å². The number of hydrogen-bond donors (Lipinski definition) is 7. The first-order chi connectivity index (χ1) is 25.3. The van der Waals surface area contributed by atoms with Gasteiger partial charge in [0, 0.05) is 43.7 Å². The van der Waals surface area contributed by atoms with Crippen LogP contribution < -0.4 is 26.2 Å². The van der Waals surface area contributed by atoms with Crippen molar-refractivity contribution >= 4 is 40.6 Å². The molecule has 0 spiro atoms. The maximum absolute atomic E-state index is 12.8. The van der Waals surface area contributed by atoms with Crippen LogP contribution in [0.1, 0.15) is 49.3 Å². The fourth-order valence-electron chi connectivity index (χ4n) is 7.10. The van der Waals surface area contributed by atoms with Crippen molar-refractivity contribution in [3.05, 3.63) is 102 Å². The molecule has 2 fully saturated rings. The average Bonchev–Trinajstić information content (AvgIpc) is 3.88. The predicted octanol–water partition coefficient (Wildman–Crippen LogP) is 3.74. The highest BCUT2D eigenvalue weighted by Crippen LogP contribution is 2.35. The van der Waals surface area contributed by atoms with E-state index in [4.69, 9.17) is 15.0 Å². The molecule has 0 bridgehead atoms. The number of nitrogens with zero attached hydrogens (tertiary/aromatic N) is 5. The van der Waals surface area contributed by atoms with Crippen LogP contribution in [0.15, 0.2) is 91.3 Å². The first-order valence-electron chi connectivity index (χ1n) is 17.6. The highest BCUT2D eigenvalue weighted by molar-refractivity contribution is 5.89. The molecule has 3 amide bonds. The van der Waals surface area contributed by atoms with E-state index < -0.39 is 24.3 Å². The Labute approximate surface area is 300 Å². The Morgan fingerprint density at radius 1 is 0.904 bits per heavy atom. The van der Waals surface area contributed by atoms with Crippen molar-refractivity contribution < 1.29 is 24.9 Å². The van der Waals surface area contributed by atoms with Gasteiger partial charge in [-0.3, -0.25) is 4.79 Å². The second-order valence-electron chi connectivity index (χ2n) is 13.3. The van der Waals surface area contributed by atoms with Gasteiger partial charge in [-0.2, -0.15) is 9.97 Å². The molecule has 2 aliphatic rings. The van der Waals surface area contributed by atoms with Crippen LogP contribution in [-0.2, 0) is 4.79 Å². The lowest BCUT2D eigenvalue weighted by Gasteiger charge is -2.22. The van der Waals surface area contributed by atoms with Crippen LogP contribution in [0.25, 0.3) is 11.2 Å².